The van der Waals surface area contributed by atoms with Crippen LogP contribution in [0.25, 0.3) is 0 Å². The molecule has 0 saturated carbocycles. The van der Waals surface area contributed by atoms with Crippen molar-refractivity contribution in [1.82, 2.24) is 20.1 Å². The van der Waals surface area contributed by atoms with Crippen LogP contribution in [0.2, 0.25) is 0 Å². The van der Waals surface area contributed by atoms with Crippen molar-refractivity contribution in [2.24, 2.45) is 0 Å². The number of imide groups is 1. The molecule has 3 aliphatic rings. The zero-order valence-electron chi connectivity index (χ0n) is 32.5. The molecule has 2 aromatic carbocycles. The number of thiocarbonyl (C=S) groups is 1. The molecule has 6 rings (SSSR count). The minimum absolute atomic E-state index is 0.0235. The molecule has 3 saturated heterocycles. The van der Waals surface area contributed by atoms with Gasteiger partial charge >= 0.3 is 6.18 Å². The molecule has 14 nitrogen and oxygen atoms in total. The van der Waals surface area contributed by atoms with Gasteiger partial charge in [0.2, 0.25) is 17.7 Å². The lowest BCUT2D eigenvalue weighted by atomic mass is 10.0. The van der Waals surface area contributed by atoms with Gasteiger partial charge in [-0.2, -0.15) is 18.4 Å². The summed E-state index contributed by atoms with van der Waals surface area (Å²) in [5.41, 5.74) is -0.816. The normalized spacial score (nSPS) is 20.2. The summed E-state index contributed by atoms with van der Waals surface area (Å²) in [6.45, 7) is 10.7. The number of halogens is 3. The van der Waals surface area contributed by atoms with E-state index in [1.54, 1.807) is 55.1 Å². The number of nitriles is 1. The Hall–Kier alpha value is -5.64. The van der Waals surface area contributed by atoms with Crippen molar-refractivity contribution in [3.05, 3.63) is 71.5 Å². The van der Waals surface area contributed by atoms with Gasteiger partial charge in [0.1, 0.15) is 30.0 Å². The predicted octanol–water partition coefficient (Wildman–Crippen LogP) is 4.69. The van der Waals surface area contributed by atoms with Gasteiger partial charge in [0.05, 0.1) is 24.0 Å². The van der Waals surface area contributed by atoms with Gasteiger partial charge in [-0.25, -0.2) is 4.98 Å². The Balaban J connectivity index is 1.01. The third-order valence-electron chi connectivity index (χ3n) is 10.5. The largest absolute Gasteiger partial charge is 0.492 e. The molecular weight excluding hydrogens is 776 g/mol. The molecule has 306 valence electrons. The lowest BCUT2D eigenvalue weighted by Crippen LogP contribution is -2.54. The summed E-state index contributed by atoms with van der Waals surface area (Å²) < 4.78 is 47.4. The van der Waals surface area contributed by atoms with Crippen molar-refractivity contribution in [1.29, 1.82) is 5.26 Å². The lowest BCUT2D eigenvalue weighted by Gasteiger charge is -2.39. The Bertz CT molecular complexity index is 2160. The van der Waals surface area contributed by atoms with E-state index in [-0.39, 0.29) is 47.5 Å². The quantitative estimate of drug-likeness (QED) is 0.171. The third kappa shape index (κ3) is 9.06. The van der Waals surface area contributed by atoms with E-state index in [9.17, 15) is 37.6 Å². The van der Waals surface area contributed by atoms with Gasteiger partial charge in [0, 0.05) is 55.7 Å². The second-order valence-electron chi connectivity index (χ2n) is 14.9. The fraction of sp³-hybridized carbons (Fsp3) is 0.425. The van der Waals surface area contributed by atoms with Crippen molar-refractivity contribution in [3.63, 3.8) is 0 Å². The van der Waals surface area contributed by atoms with Crippen LogP contribution in [0, 0.1) is 11.3 Å². The first kappa shape index (κ1) is 42.0. The molecule has 0 spiro atoms. The summed E-state index contributed by atoms with van der Waals surface area (Å²) in [6, 6.07) is 14.3. The number of alkyl halides is 3. The molecule has 4 heterocycles. The molecule has 0 radical (unpaired) electrons. The number of pyridine rings is 1. The summed E-state index contributed by atoms with van der Waals surface area (Å²) in [5, 5.41) is 17.6. The number of hydrogen-bond donors (Lipinski definition) is 3. The number of nitrogens with one attached hydrogen (secondary N) is 3. The second kappa shape index (κ2) is 17.1. The predicted molar refractivity (Wildman–Crippen MR) is 214 cm³/mol. The SMILES string of the molecule is CCc1cc(N2C(=S)N(c3cnc(C#N)c(C(F)(F)F)c3)C(=O)C2(C)C)ccc1OCCN1CCN(CC(=O)Nc2cccc(N[C@@H]3CCC(=O)NC3=O)c2)[C@H](C)C1. The zero-order valence-corrected chi connectivity index (χ0v) is 33.3. The monoisotopic (exact) mass is 819 g/mol. The molecule has 2 atom stereocenters. The minimum Gasteiger partial charge on any atom is -0.492 e. The molecule has 4 amide bonds. The number of aromatic nitrogens is 1. The van der Waals surface area contributed by atoms with Crippen molar-refractivity contribution >= 4 is 63.7 Å². The average Bonchev–Trinajstić information content (AvgIpc) is 3.35. The fourth-order valence-corrected chi connectivity index (χ4v) is 7.88. The highest BCUT2D eigenvalue weighted by Crippen LogP contribution is 2.40. The van der Waals surface area contributed by atoms with E-state index in [2.05, 4.69) is 37.7 Å². The average molecular weight is 820 g/mol. The van der Waals surface area contributed by atoms with Crippen LogP contribution in [0.1, 0.15) is 57.4 Å². The second-order valence-corrected chi connectivity index (χ2v) is 15.3. The number of ether oxygens (including phenoxy) is 1. The van der Waals surface area contributed by atoms with Crippen LogP contribution in [0.15, 0.2) is 54.7 Å². The van der Waals surface area contributed by atoms with Crippen LogP contribution in [-0.4, -0.2) is 100 Å². The number of hydrogen-bond acceptors (Lipinski definition) is 11. The summed E-state index contributed by atoms with van der Waals surface area (Å²) in [7, 11) is 0. The molecule has 0 bridgehead atoms. The van der Waals surface area contributed by atoms with Crippen LogP contribution >= 0.6 is 12.2 Å². The number of carbonyl (C=O) groups is 4. The number of amides is 4. The van der Waals surface area contributed by atoms with E-state index in [1.165, 1.54) is 6.07 Å². The number of benzene rings is 2. The summed E-state index contributed by atoms with van der Waals surface area (Å²) in [5.74, 6) is -0.703. The molecular formula is C40H44F3N9O5S. The number of nitrogens with zero attached hydrogens (tertiary/aromatic N) is 6. The van der Waals surface area contributed by atoms with Crippen LogP contribution in [0.4, 0.5) is 35.9 Å². The van der Waals surface area contributed by atoms with Crippen molar-refractivity contribution in [2.45, 2.75) is 70.8 Å². The Morgan fingerprint density at radius 1 is 1.10 bits per heavy atom. The molecule has 3 aromatic rings. The number of carbonyl (C=O) groups excluding carboxylic acids is 4. The highest BCUT2D eigenvalue weighted by Gasteiger charge is 2.51. The molecule has 1 aromatic heterocycles. The van der Waals surface area contributed by atoms with Crippen LogP contribution in [-0.2, 0) is 31.8 Å². The van der Waals surface area contributed by atoms with Crippen molar-refractivity contribution in [3.8, 4) is 11.8 Å². The molecule has 0 aliphatic carbocycles. The van der Waals surface area contributed by atoms with Gasteiger partial charge in [0.25, 0.3) is 5.91 Å². The summed E-state index contributed by atoms with van der Waals surface area (Å²) in [4.78, 5) is 61.0. The maximum Gasteiger partial charge on any atom is 0.419 e. The fourth-order valence-electron chi connectivity index (χ4n) is 7.36. The van der Waals surface area contributed by atoms with Crippen LogP contribution < -0.4 is 30.5 Å². The molecule has 3 N–H and O–H groups in total. The van der Waals surface area contributed by atoms with E-state index in [4.69, 9.17) is 17.0 Å². The Morgan fingerprint density at radius 3 is 2.55 bits per heavy atom. The maximum atomic E-state index is 13.7. The standard InChI is InChI=1S/C40H44F3N9O5S/c1-5-25-17-28(52-38(58)51(37(56)39(52,3)4)29-19-30(40(41,42)43)32(20-44)45-21-29)9-11-33(25)57-16-15-49-13-14-50(24(2)22-49)23-35(54)47-27-8-6-7-26(18-27)46-31-10-12-34(53)48-36(31)55/h6-9,11,17-19,21,24,31,46H,5,10,12-16,22-23H2,1-4H3,(H,47,54)(H,48,53,55)/t24-,31-/m1/s1. The topological polar surface area (TPSA) is 163 Å². The molecule has 0 unspecified atom stereocenters. The number of rotatable bonds is 12. The van der Waals surface area contributed by atoms with Gasteiger partial charge in [-0.3, -0.25) is 39.2 Å². The minimum atomic E-state index is -4.86. The van der Waals surface area contributed by atoms with E-state index in [0.29, 0.717) is 55.3 Å². The summed E-state index contributed by atoms with van der Waals surface area (Å²) in [6.07, 6.45) is -2.57. The van der Waals surface area contributed by atoms with Gasteiger partial charge in [0.15, 0.2) is 10.8 Å². The number of anilines is 4. The molecule has 3 aliphatic heterocycles. The van der Waals surface area contributed by atoms with E-state index in [1.807, 2.05) is 13.0 Å². The van der Waals surface area contributed by atoms with Crippen molar-refractivity contribution in [2.75, 3.05) is 59.8 Å². The molecule has 18 heteroatoms. The molecule has 3 fully saturated rings. The smallest absolute Gasteiger partial charge is 0.419 e. The first-order chi connectivity index (χ1) is 27.5. The number of aryl methyl sites for hydroxylation is 1. The van der Waals surface area contributed by atoms with E-state index < -0.39 is 34.9 Å². The maximum absolute atomic E-state index is 13.7. The van der Waals surface area contributed by atoms with Gasteiger partial charge < -0.3 is 20.3 Å². The Labute approximate surface area is 339 Å². The zero-order chi connectivity index (χ0) is 41.9. The first-order valence-electron chi connectivity index (χ1n) is 18.9. The Morgan fingerprint density at radius 2 is 1.86 bits per heavy atom. The number of piperazine rings is 1. The Kier molecular flexibility index (Phi) is 12.4. The van der Waals surface area contributed by atoms with Gasteiger partial charge in [-0.1, -0.05) is 13.0 Å². The molecule has 58 heavy (non-hydrogen) atoms. The van der Waals surface area contributed by atoms with Gasteiger partial charge in [-0.05, 0) is 93.9 Å². The third-order valence-corrected chi connectivity index (χ3v) is 10.8. The van der Waals surface area contributed by atoms with E-state index in [0.717, 1.165) is 35.8 Å². The van der Waals surface area contributed by atoms with E-state index >= 15 is 0 Å². The number of piperidine rings is 1. The van der Waals surface area contributed by atoms with Gasteiger partial charge in [-0.15, -0.1) is 0 Å². The first-order valence-corrected chi connectivity index (χ1v) is 19.3. The van der Waals surface area contributed by atoms with Crippen LogP contribution in [0.5, 0.6) is 5.75 Å². The highest BCUT2D eigenvalue weighted by molar-refractivity contribution is 7.81. The highest BCUT2D eigenvalue weighted by atomic mass is 32.1. The lowest BCUT2D eigenvalue weighted by molar-refractivity contribution is -0.138. The summed E-state index contributed by atoms with van der Waals surface area (Å²) >= 11 is 5.68. The van der Waals surface area contributed by atoms with Crippen LogP contribution in [0.3, 0.4) is 0 Å². The van der Waals surface area contributed by atoms with Crippen molar-refractivity contribution < 1.29 is 37.1 Å².